The van der Waals surface area contributed by atoms with Gasteiger partial charge in [-0.3, -0.25) is 0 Å². The van der Waals surface area contributed by atoms with Gasteiger partial charge in [0, 0.05) is 13.1 Å². The molecule has 0 aromatic rings. The Bertz CT molecular complexity index is 397. The molecular formula is C13H25N3O2S. The first-order valence-electron chi connectivity index (χ1n) is 7.15. The van der Waals surface area contributed by atoms with Crippen LogP contribution in [0.2, 0.25) is 0 Å². The van der Waals surface area contributed by atoms with Crippen LogP contribution in [0.4, 0.5) is 0 Å². The van der Waals surface area contributed by atoms with Crippen molar-refractivity contribution in [3.8, 4) is 6.07 Å². The van der Waals surface area contributed by atoms with Gasteiger partial charge in [-0.2, -0.15) is 5.26 Å². The van der Waals surface area contributed by atoms with E-state index in [0.717, 1.165) is 32.4 Å². The SMILES string of the molecule is CCCN(CC1CCNCC1)S(=O)(=O)C(C#N)CC. The highest BCUT2D eigenvalue weighted by Gasteiger charge is 2.32. The van der Waals surface area contributed by atoms with Gasteiger partial charge in [-0.15, -0.1) is 0 Å². The van der Waals surface area contributed by atoms with E-state index in [9.17, 15) is 8.42 Å². The van der Waals surface area contributed by atoms with Crippen molar-refractivity contribution >= 4 is 10.0 Å². The summed E-state index contributed by atoms with van der Waals surface area (Å²) in [6, 6.07) is 1.93. The zero-order valence-corrected chi connectivity index (χ0v) is 12.7. The lowest BCUT2D eigenvalue weighted by molar-refractivity contribution is 0.287. The smallest absolute Gasteiger partial charge is 0.230 e. The van der Waals surface area contributed by atoms with Crippen molar-refractivity contribution in [3.05, 3.63) is 0 Å². The molecule has 1 aliphatic rings. The second-order valence-corrected chi connectivity index (χ2v) is 7.24. The lowest BCUT2D eigenvalue weighted by atomic mass is 9.98. The number of hydrogen-bond donors (Lipinski definition) is 1. The van der Waals surface area contributed by atoms with Gasteiger partial charge in [0.15, 0.2) is 5.25 Å². The highest BCUT2D eigenvalue weighted by molar-refractivity contribution is 7.90. The zero-order chi connectivity index (χ0) is 14.3. The summed E-state index contributed by atoms with van der Waals surface area (Å²) in [5.74, 6) is 0.416. The highest BCUT2D eigenvalue weighted by atomic mass is 32.2. The number of sulfonamides is 1. The second-order valence-electron chi connectivity index (χ2n) is 5.12. The predicted molar refractivity (Wildman–Crippen MR) is 76.1 cm³/mol. The molecule has 0 radical (unpaired) electrons. The van der Waals surface area contributed by atoms with Crippen LogP contribution in [0.5, 0.6) is 0 Å². The van der Waals surface area contributed by atoms with Crippen LogP contribution in [-0.2, 0) is 10.0 Å². The number of nitriles is 1. The molecule has 1 N–H and O–H groups in total. The van der Waals surface area contributed by atoms with Crippen LogP contribution in [-0.4, -0.2) is 44.2 Å². The molecule has 1 heterocycles. The Morgan fingerprint density at radius 3 is 2.47 bits per heavy atom. The third kappa shape index (κ3) is 4.44. The van der Waals surface area contributed by atoms with Crippen molar-refractivity contribution in [1.29, 1.82) is 5.26 Å². The van der Waals surface area contributed by atoms with E-state index in [1.165, 1.54) is 0 Å². The summed E-state index contributed by atoms with van der Waals surface area (Å²) < 4.78 is 26.4. The van der Waals surface area contributed by atoms with Crippen LogP contribution < -0.4 is 5.32 Å². The van der Waals surface area contributed by atoms with Gasteiger partial charge in [0.05, 0.1) is 6.07 Å². The van der Waals surface area contributed by atoms with E-state index in [1.54, 1.807) is 11.2 Å². The quantitative estimate of drug-likeness (QED) is 0.766. The lowest BCUT2D eigenvalue weighted by Gasteiger charge is -2.30. The van der Waals surface area contributed by atoms with Gasteiger partial charge in [-0.05, 0) is 44.7 Å². The Balaban J connectivity index is 2.78. The fraction of sp³-hybridized carbons (Fsp3) is 0.923. The molecule has 0 aliphatic carbocycles. The zero-order valence-electron chi connectivity index (χ0n) is 11.9. The Hall–Kier alpha value is -0.640. The maximum absolute atomic E-state index is 12.4. The number of nitrogens with one attached hydrogen (secondary N) is 1. The van der Waals surface area contributed by atoms with E-state index in [2.05, 4.69) is 5.32 Å². The molecule has 5 nitrogen and oxygen atoms in total. The molecule has 1 fully saturated rings. The summed E-state index contributed by atoms with van der Waals surface area (Å²) in [5, 5.41) is 11.4. The van der Waals surface area contributed by atoms with Gasteiger partial charge in [-0.25, -0.2) is 12.7 Å². The van der Waals surface area contributed by atoms with E-state index < -0.39 is 15.3 Å². The lowest BCUT2D eigenvalue weighted by Crippen LogP contribution is -2.43. The monoisotopic (exact) mass is 287 g/mol. The predicted octanol–water partition coefficient (Wildman–Crippen LogP) is 1.33. The van der Waals surface area contributed by atoms with Crippen molar-refractivity contribution < 1.29 is 8.42 Å². The highest BCUT2D eigenvalue weighted by Crippen LogP contribution is 2.19. The minimum atomic E-state index is -3.47. The summed E-state index contributed by atoms with van der Waals surface area (Å²) >= 11 is 0. The van der Waals surface area contributed by atoms with Crippen LogP contribution in [0.25, 0.3) is 0 Å². The minimum Gasteiger partial charge on any atom is -0.317 e. The number of piperidine rings is 1. The van der Waals surface area contributed by atoms with E-state index >= 15 is 0 Å². The molecule has 1 aliphatic heterocycles. The average molecular weight is 287 g/mol. The molecule has 0 spiro atoms. The van der Waals surface area contributed by atoms with Crippen molar-refractivity contribution in [2.45, 2.75) is 44.8 Å². The van der Waals surface area contributed by atoms with E-state index in [1.807, 2.05) is 13.0 Å². The van der Waals surface area contributed by atoms with Crippen LogP contribution >= 0.6 is 0 Å². The second kappa shape index (κ2) is 7.83. The first-order valence-corrected chi connectivity index (χ1v) is 8.65. The molecule has 0 amide bonds. The summed E-state index contributed by atoms with van der Waals surface area (Å²) in [6.07, 6.45) is 3.16. The average Bonchev–Trinajstić information content (AvgIpc) is 2.40. The maximum Gasteiger partial charge on any atom is 0.230 e. The third-order valence-electron chi connectivity index (χ3n) is 3.63. The molecule has 0 aromatic heterocycles. The van der Waals surface area contributed by atoms with Crippen molar-refractivity contribution in [3.63, 3.8) is 0 Å². The van der Waals surface area contributed by atoms with Crippen molar-refractivity contribution in [2.24, 2.45) is 5.92 Å². The molecule has 0 aromatic carbocycles. The normalized spacial score (nSPS) is 19.3. The van der Waals surface area contributed by atoms with Crippen LogP contribution in [0.1, 0.15) is 39.5 Å². The molecule has 0 bridgehead atoms. The van der Waals surface area contributed by atoms with Gasteiger partial charge in [-0.1, -0.05) is 13.8 Å². The summed E-state index contributed by atoms with van der Waals surface area (Å²) in [6.45, 7) is 6.72. The molecule has 1 rings (SSSR count). The van der Waals surface area contributed by atoms with Crippen molar-refractivity contribution in [2.75, 3.05) is 26.2 Å². The fourth-order valence-electron chi connectivity index (χ4n) is 2.47. The van der Waals surface area contributed by atoms with Crippen LogP contribution in [0, 0.1) is 17.2 Å². The molecule has 110 valence electrons. The van der Waals surface area contributed by atoms with Gasteiger partial charge < -0.3 is 5.32 Å². The Kier molecular flexibility index (Phi) is 6.76. The van der Waals surface area contributed by atoms with Crippen LogP contribution in [0.3, 0.4) is 0 Å². The largest absolute Gasteiger partial charge is 0.317 e. The number of nitrogens with zero attached hydrogens (tertiary/aromatic N) is 2. The Morgan fingerprint density at radius 1 is 1.37 bits per heavy atom. The van der Waals surface area contributed by atoms with Crippen LogP contribution in [0.15, 0.2) is 0 Å². The Morgan fingerprint density at radius 2 is 2.00 bits per heavy atom. The van der Waals surface area contributed by atoms with Gasteiger partial charge >= 0.3 is 0 Å². The van der Waals surface area contributed by atoms with Gasteiger partial charge in [0.25, 0.3) is 0 Å². The minimum absolute atomic E-state index is 0.352. The topological polar surface area (TPSA) is 73.2 Å². The molecule has 19 heavy (non-hydrogen) atoms. The number of rotatable bonds is 7. The van der Waals surface area contributed by atoms with E-state index in [0.29, 0.717) is 25.4 Å². The molecule has 1 saturated heterocycles. The molecular weight excluding hydrogens is 262 g/mol. The van der Waals surface area contributed by atoms with Gasteiger partial charge in [0.1, 0.15) is 0 Å². The standard InChI is InChI=1S/C13H25N3O2S/c1-3-9-16(11-12-5-7-15-8-6-12)19(17,18)13(4-2)10-14/h12-13,15H,3-9,11H2,1-2H3. The molecule has 0 saturated carbocycles. The first kappa shape index (κ1) is 16.4. The summed E-state index contributed by atoms with van der Waals surface area (Å²) in [5.41, 5.74) is 0. The summed E-state index contributed by atoms with van der Waals surface area (Å²) in [7, 11) is -3.47. The molecule has 6 heteroatoms. The molecule has 1 atom stereocenters. The van der Waals surface area contributed by atoms with E-state index in [4.69, 9.17) is 5.26 Å². The van der Waals surface area contributed by atoms with Gasteiger partial charge in [0.2, 0.25) is 10.0 Å². The van der Waals surface area contributed by atoms with Crippen molar-refractivity contribution in [1.82, 2.24) is 9.62 Å². The Labute approximate surface area is 117 Å². The third-order valence-corrected chi connectivity index (χ3v) is 5.84. The summed E-state index contributed by atoms with van der Waals surface area (Å²) in [4.78, 5) is 0. The molecule has 1 unspecified atom stereocenters. The van der Waals surface area contributed by atoms with E-state index in [-0.39, 0.29) is 0 Å². The maximum atomic E-state index is 12.4. The fourth-order valence-corrected chi connectivity index (χ4v) is 4.24. The first-order chi connectivity index (χ1) is 9.06. The number of hydrogen-bond acceptors (Lipinski definition) is 4.